The summed E-state index contributed by atoms with van der Waals surface area (Å²) in [6, 6.07) is 6.05. The van der Waals surface area contributed by atoms with E-state index in [4.69, 9.17) is 0 Å². The summed E-state index contributed by atoms with van der Waals surface area (Å²) in [4.78, 5) is 34.9. The molecule has 8 nitrogen and oxygen atoms in total. The molecule has 11 heteroatoms. The fraction of sp³-hybridized carbons (Fsp3) is 0.500. The van der Waals surface area contributed by atoms with Crippen LogP contribution in [0.25, 0.3) is 0 Å². The average Bonchev–Trinajstić information content (AvgIpc) is 3.31. The van der Waals surface area contributed by atoms with E-state index >= 15 is 0 Å². The number of carbonyl (C=O) groups excluding carboxylic acids is 2. The molecule has 2 amide bonds. The van der Waals surface area contributed by atoms with E-state index in [1.807, 2.05) is 0 Å². The third-order valence-corrected chi connectivity index (χ3v) is 6.80. The first-order chi connectivity index (χ1) is 16.6. The molecule has 0 unspecified atom stereocenters. The van der Waals surface area contributed by atoms with Gasteiger partial charge in [0.15, 0.2) is 0 Å². The van der Waals surface area contributed by atoms with Gasteiger partial charge in [-0.2, -0.15) is 13.2 Å². The number of nitrogens with one attached hydrogen (secondary N) is 2. The zero-order valence-electron chi connectivity index (χ0n) is 19.1. The zero-order chi connectivity index (χ0) is 25.1. The van der Waals surface area contributed by atoms with E-state index in [0.29, 0.717) is 31.1 Å². The van der Waals surface area contributed by atoms with Crippen molar-refractivity contribution in [1.29, 1.82) is 0 Å². The number of hydrogen-bond acceptors (Lipinski definition) is 6. The van der Waals surface area contributed by atoms with E-state index in [0.717, 1.165) is 44.0 Å². The minimum atomic E-state index is -4.55. The van der Waals surface area contributed by atoms with Crippen LogP contribution in [0, 0.1) is 0 Å². The Morgan fingerprint density at radius 2 is 1.94 bits per heavy atom. The van der Waals surface area contributed by atoms with Gasteiger partial charge in [0.2, 0.25) is 5.91 Å². The van der Waals surface area contributed by atoms with E-state index in [1.165, 1.54) is 12.4 Å². The predicted octanol–water partition coefficient (Wildman–Crippen LogP) is 2.25. The lowest BCUT2D eigenvalue weighted by molar-refractivity contribution is -0.137. The van der Waals surface area contributed by atoms with Crippen molar-refractivity contribution in [2.24, 2.45) is 0 Å². The van der Waals surface area contributed by atoms with Crippen molar-refractivity contribution in [3.05, 3.63) is 59.7 Å². The second-order valence-corrected chi connectivity index (χ2v) is 9.17. The van der Waals surface area contributed by atoms with Crippen LogP contribution in [0.15, 0.2) is 42.9 Å². The van der Waals surface area contributed by atoms with Gasteiger partial charge in [0.25, 0.3) is 5.91 Å². The topological polar surface area (TPSA) is 107 Å². The molecule has 0 radical (unpaired) electrons. The van der Waals surface area contributed by atoms with E-state index in [-0.39, 0.29) is 24.1 Å². The van der Waals surface area contributed by atoms with Gasteiger partial charge in [-0.1, -0.05) is 6.07 Å². The second kappa shape index (κ2) is 10.3. The van der Waals surface area contributed by atoms with Crippen molar-refractivity contribution in [1.82, 2.24) is 25.5 Å². The lowest BCUT2D eigenvalue weighted by atomic mass is 9.79. The maximum Gasteiger partial charge on any atom is 0.416 e. The molecule has 2 aliphatic rings. The highest BCUT2D eigenvalue weighted by Gasteiger charge is 2.39. The van der Waals surface area contributed by atoms with Crippen LogP contribution in [0.1, 0.15) is 53.7 Å². The highest BCUT2D eigenvalue weighted by molar-refractivity contribution is 5.96. The summed E-state index contributed by atoms with van der Waals surface area (Å²) in [6.45, 7) is 1.17. The maximum absolute atomic E-state index is 12.8. The van der Waals surface area contributed by atoms with Crippen LogP contribution in [-0.4, -0.2) is 63.5 Å². The van der Waals surface area contributed by atoms with Crippen molar-refractivity contribution in [2.45, 2.75) is 56.0 Å². The summed E-state index contributed by atoms with van der Waals surface area (Å²) in [6.07, 6.45) is 2.11. The number of amides is 2. The number of aliphatic hydroxyl groups is 1. The number of halogens is 3. The Bertz CT molecular complexity index is 1040. The van der Waals surface area contributed by atoms with Crippen molar-refractivity contribution >= 4 is 11.8 Å². The molecule has 188 valence electrons. The summed E-state index contributed by atoms with van der Waals surface area (Å²) in [7, 11) is 0. The summed E-state index contributed by atoms with van der Waals surface area (Å²) in [5.74, 6) is -1.13. The molecule has 1 aliphatic heterocycles. The van der Waals surface area contributed by atoms with Crippen molar-refractivity contribution in [3.8, 4) is 0 Å². The highest BCUT2D eigenvalue weighted by atomic mass is 19.4. The van der Waals surface area contributed by atoms with Crippen LogP contribution in [0.3, 0.4) is 0 Å². The molecule has 1 saturated carbocycles. The molecule has 1 aromatic carbocycles. The molecule has 0 bridgehead atoms. The van der Waals surface area contributed by atoms with Gasteiger partial charge in [0.1, 0.15) is 11.9 Å². The van der Waals surface area contributed by atoms with Crippen LogP contribution in [-0.2, 0) is 16.6 Å². The fourth-order valence-corrected chi connectivity index (χ4v) is 4.88. The summed E-state index contributed by atoms with van der Waals surface area (Å²) >= 11 is 0. The van der Waals surface area contributed by atoms with Crippen molar-refractivity contribution < 1.29 is 27.9 Å². The third-order valence-electron chi connectivity index (χ3n) is 6.80. The van der Waals surface area contributed by atoms with E-state index in [1.54, 1.807) is 12.3 Å². The Morgan fingerprint density at radius 1 is 1.17 bits per heavy atom. The van der Waals surface area contributed by atoms with Crippen LogP contribution >= 0.6 is 0 Å². The molecule has 35 heavy (non-hydrogen) atoms. The lowest BCUT2D eigenvalue weighted by Gasteiger charge is -2.39. The van der Waals surface area contributed by atoms with Gasteiger partial charge in [0.05, 0.1) is 17.8 Å². The van der Waals surface area contributed by atoms with E-state index < -0.39 is 23.2 Å². The Morgan fingerprint density at radius 3 is 2.63 bits per heavy atom. The summed E-state index contributed by atoms with van der Waals surface area (Å²) in [5, 5.41) is 16.2. The molecule has 0 spiro atoms. The Hall–Kier alpha value is -3.05. The largest absolute Gasteiger partial charge is 0.416 e. The smallest absolute Gasteiger partial charge is 0.384 e. The summed E-state index contributed by atoms with van der Waals surface area (Å²) < 4.78 is 38.5. The molecule has 1 aliphatic carbocycles. The lowest BCUT2D eigenvalue weighted by Crippen LogP contribution is -2.45. The van der Waals surface area contributed by atoms with E-state index in [2.05, 4.69) is 25.5 Å². The molecule has 1 aromatic heterocycles. The molecule has 1 atom stereocenters. The molecule has 3 N–H and O–H groups in total. The van der Waals surface area contributed by atoms with E-state index in [9.17, 15) is 27.9 Å². The highest BCUT2D eigenvalue weighted by Crippen LogP contribution is 2.38. The van der Waals surface area contributed by atoms with Gasteiger partial charge >= 0.3 is 6.18 Å². The normalized spacial score (nSPS) is 25.3. The van der Waals surface area contributed by atoms with Crippen molar-refractivity contribution in [3.63, 3.8) is 0 Å². The SMILES string of the molecule is O=C(CNC(=O)c1cccc(C(F)(F)F)c1)N[C@@H]1CCN(C2CCC(O)(c3ccncn3)CC2)C1. The molecule has 2 heterocycles. The number of alkyl halides is 3. The molecule has 2 fully saturated rings. The molecular weight excluding hydrogens is 463 g/mol. The number of nitrogens with zero attached hydrogens (tertiary/aromatic N) is 3. The van der Waals surface area contributed by atoms with Crippen LogP contribution in [0.2, 0.25) is 0 Å². The zero-order valence-corrected chi connectivity index (χ0v) is 19.1. The third kappa shape index (κ3) is 6.15. The number of benzene rings is 1. The van der Waals surface area contributed by atoms with Crippen LogP contribution in [0.5, 0.6) is 0 Å². The number of aromatic nitrogens is 2. The van der Waals surface area contributed by atoms with Gasteiger partial charge in [0, 0.05) is 36.9 Å². The predicted molar refractivity (Wildman–Crippen MR) is 120 cm³/mol. The van der Waals surface area contributed by atoms with Crippen LogP contribution < -0.4 is 10.6 Å². The monoisotopic (exact) mass is 491 g/mol. The fourth-order valence-electron chi connectivity index (χ4n) is 4.88. The first-order valence-electron chi connectivity index (χ1n) is 11.6. The summed E-state index contributed by atoms with van der Waals surface area (Å²) in [5.41, 5.74) is -1.37. The molecule has 2 aromatic rings. The molecule has 1 saturated heterocycles. The van der Waals surface area contributed by atoms with Gasteiger partial charge in [-0.3, -0.25) is 14.5 Å². The first-order valence-corrected chi connectivity index (χ1v) is 11.6. The van der Waals surface area contributed by atoms with Gasteiger partial charge < -0.3 is 15.7 Å². The van der Waals surface area contributed by atoms with Crippen molar-refractivity contribution in [2.75, 3.05) is 19.6 Å². The minimum absolute atomic E-state index is 0.0735. The van der Waals surface area contributed by atoms with Gasteiger partial charge in [-0.25, -0.2) is 9.97 Å². The Labute approximate surface area is 200 Å². The average molecular weight is 492 g/mol. The Kier molecular flexibility index (Phi) is 7.36. The van der Waals surface area contributed by atoms with Gasteiger partial charge in [-0.05, 0) is 56.4 Å². The standard InChI is InChI=1S/C24H28F3N5O3/c25-24(26,27)17-3-1-2-16(12-17)22(34)29-13-21(33)31-18-7-11-32(14-18)19-4-8-23(35,9-5-19)20-6-10-28-15-30-20/h1-3,6,10,12,15,18-19,35H,4-5,7-9,11,13-14H2,(H,29,34)(H,31,33)/t18-,19?,23?/m1/s1. The second-order valence-electron chi connectivity index (χ2n) is 9.17. The minimum Gasteiger partial charge on any atom is -0.384 e. The molecule has 4 rings (SSSR count). The van der Waals surface area contributed by atoms with Crippen LogP contribution in [0.4, 0.5) is 13.2 Å². The number of carbonyl (C=O) groups is 2. The number of rotatable bonds is 6. The molecular formula is C24H28F3N5O3. The van der Waals surface area contributed by atoms with Gasteiger partial charge in [-0.15, -0.1) is 0 Å². The number of hydrogen-bond donors (Lipinski definition) is 3. The maximum atomic E-state index is 12.8. The Balaban J connectivity index is 1.21. The number of likely N-dealkylation sites (tertiary alicyclic amines) is 1. The quantitative estimate of drug-likeness (QED) is 0.572. The first kappa shape index (κ1) is 25.1.